The predicted molar refractivity (Wildman–Crippen MR) is 140 cm³/mol. The highest BCUT2D eigenvalue weighted by Crippen LogP contribution is 2.43. The predicted octanol–water partition coefficient (Wildman–Crippen LogP) is 6.09. The first-order valence-corrected chi connectivity index (χ1v) is 12.1. The Kier molecular flexibility index (Phi) is 5.07. The molecule has 3 heterocycles. The van der Waals surface area contributed by atoms with Crippen molar-refractivity contribution in [2.24, 2.45) is 9.98 Å². The molecule has 7 heteroatoms. The average molecular weight is 479 g/mol. The van der Waals surface area contributed by atoms with Gasteiger partial charge in [0.15, 0.2) is 0 Å². The van der Waals surface area contributed by atoms with Gasteiger partial charge in [-0.05, 0) is 66.6 Å². The van der Waals surface area contributed by atoms with E-state index in [2.05, 4.69) is 0 Å². The molecule has 0 radical (unpaired) electrons. The first kappa shape index (κ1) is 21.4. The number of amides is 1. The number of phenolic OH excluding ortho intramolecular Hbond substituents is 1. The standard InChI is InChI=1S/C28H22N4O2S/c1-17-6-5-15-32-26(17)30-25(18-9-12-20(33)13-10-18)27(32)29-19-11-14-22-24(16-19)35-23-8-4-3-7-21(23)28(34)31(22)2/h3-16,25,33H,1-2H3/b29-27+. The molecule has 35 heavy (non-hydrogen) atoms. The van der Waals surface area contributed by atoms with Gasteiger partial charge >= 0.3 is 0 Å². The molecule has 0 bridgehead atoms. The number of amidine groups is 2. The number of phenols is 1. The summed E-state index contributed by atoms with van der Waals surface area (Å²) in [5.41, 5.74) is 4.36. The van der Waals surface area contributed by atoms with E-state index in [4.69, 9.17) is 9.98 Å². The molecule has 3 aliphatic heterocycles. The van der Waals surface area contributed by atoms with Gasteiger partial charge in [0.05, 0.1) is 16.9 Å². The van der Waals surface area contributed by atoms with Gasteiger partial charge in [-0.2, -0.15) is 0 Å². The summed E-state index contributed by atoms with van der Waals surface area (Å²) < 4.78 is 0. The van der Waals surface area contributed by atoms with Crippen LogP contribution in [0.4, 0.5) is 11.4 Å². The normalized spacial score (nSPS) is 19.7. The fraction of sp³-hybridized carbons (Fsp3) is 0.107. The SMILES string of the molecule is CC1=CC=CN2C1=NC(c1ccc(O)cc1)/C2=N\c1ccc2c(c1)Sc1ccccc1C(=O)N2C. The van der Waals surface area contributed by atoms with E-state index >= 15 is 0 Å². The lowest BCUT2D eigenvalue weighted by atomic mass is 10.1. The minimum absolute atomic E-state index is 0.0205. The van der Waals surface area contributed by atoms with E-state index in [0.717, 1.165) is 44.0 Å². The molecular weight excluding hydrogens is 456 g/mol. The quantitative estimate of drug-likeness (QED) is 0.484. The van der Waals surface area contributed by atoms with Gasteiger partial charge in [0.2, 0.25) is 0 Å². The summed E-state index contributed by atoms with van der Waals surface area (Å²) in [5.74, 6) is 1.85. The zero-order valence-electron chi connectivity index (χ0n) is 19.2. The minimum atomic E-state index is -0.298. The molecule has 0 aromatic heterocycles. The molecule has 1 atom stereocenters. The van der Waals surface area contributed by atoms with Crippen LogP contribution in [-0.4, -0.2) is 34.6 Å². The van der Waals surface area contributed by atoms with Crippen molar-refractivity contribution in [1.82, 2.24) is 4.90 Å². The summed E-state index contributed by atoms with van der Waals surface area (Å²) in [7, 11) is 1.81. The van der Waals surface area contributed by atoms with Crippen molar-refractivity contribution in [2.45, 2.75) is 22.8 Å². The van der Waals surface area contributed by atoms with E-state index in [1.54, 1.807) is 35.8 Å². The second-order valence-corrected chi connectivity index (χ2v) is 9.68. The smallest absolute Gasteiger partial charge is 0.259 e. The van der Waals surface area contributed by atoms with Gasteiger partial charge in [-0.3, -0.25) is 14.7 Å². The number of fused-ring (bicyclic) bond motifs is 3. The van der Waals surface area contributed by atoms with E-state index < -0.39 is 0 Å². The van der Waals surface area contributed by atoms with Crippen LogP contribution in [-0.2, 0) is 0 Å². The zero-order chi connectivity index (χ0) is 24.1. The molecule has 0 saturated heterocycles. The zero-order valence-corrected chi connectivity index (χ0v) is 20.0. The van der Waals surface area contributed by atoms with Gasteiger partial charge in [-0.15, -0.1) is 0 Å². The Morgan fingerprint density at radius 3 is 2.66 bits per heavy atom. The van der Waals surface area contributed by atoms with Crippen molar-refractivity contribution in [3.05, 3.63) is 102 Å². The Morgan fingerprint density at radius 2 is 1.83 bits per heavy atom. The summed E-state index contributed by atoms with van der Waals surface area (Å²) in [6.45, 7) is 2.04. The molecule has 6 rings (SSSR count). The molecule has 1 N–H and O–H groups in total. The van der Waals surface area contributed by atoms with E-state index in [-0.39, 0.29) is 17.7 Å². The highest BCUT2D eigenvalue weighted by molar-refractivity contribution is 7.99. The van der Waals surface area contributed by atoms with E-state index in [9.17, 15) is 9.90 Å². The summed E-state index contributed by atoms with van der Waals surface area (Å²) in [6.07, 6.45) is 6.01. The molecule has 0 aliphatic carbocycles. The molecule has 3 aliphatic rings. The molecule has 0 saturated carbocycles. The first-order chi connectivity index (χ1) is 17.0. The first-order valence-electron chi connectivity index (χ1n) is 11.3. The van der Waals surface area contributed by atoms with Crippen LogP contribution in [0.25, 0.3) is 0 Å². The summed E-state index contributed by atoms with van der Waals surface area (Å²) in [5, 5.41) is 9.77. The fourth-order valence-electron chi connectivity index (χ4n) is 4.47. The fourth-order valence-corrected chi connectivity index (χ4v) is 5.61. The molecule has 172 valence electrons. The Morgan fingerprint density at radius 1 is 1.03 bits per heavy atom. The van der Waals surface area contributed by atoms with Gasteiger partial charge < -0.3 is 10.0 Å². The lowest BCUT2D eigenvalue weighted by Gasteiger charge is -2.22. The number of nitrogens with zero attached hydrogens (tertiary/aromatic N) is 4. The van der Waals surface area contributed by atoms with Gasteiger partial charge in [0.1, 0.15) is 23.5 Å². The summed E-state index contributed by atoms with van der Waals surface area (Å²) in [4.78, 5) is 28.7. The third-order valence-electron chi connectivity index (χ3n) is 6.30. The number of rotatable bonds is 2. The molecule has 1 unspecified atom stereocenters. The largest absolute Gasteiger partial charge is 0.508 e. The average Bonchev–Trinajstić information content (AvgIpc) is 3.19. The molecule has 0 fully saturated rings. The number of carbonyl (C=O) groups excluding carboxylic acids is 1. The van der Waals surface area contributed by atoms with Crippen LogP contribution in [0.2, 0.25) is 0 Å². The lowest BCUT2D eigenvalue weighted by molar-refractivity contribution is 0.0990. The van der Waals surface area contributed by atoms with Gasteiger partial charge in [-0.1, -0.05) is 42.1 Å². The summed E-state index contributed by atoms with van der Waals surface area (Å²) in [6, 6.07) is 20.4. The van der Waals surface area contributed by atoms with Crippen molar-refractivity contribution < 1.29 is 9.90 Å². The number of carbonyl (C=O) groups is 1. The summed E-state index contributed by atoms with van der Waals surface area (Å²) >= 11 is 1.58. The van der Waals surface area contributed by atoms with E-state index in [0.29, 0.717) is 5.56 Å². The number of aliphatic imine (C=N–C) groups is 2. The maximum absolute atomic E-state index is 13.0. The maximum atomic E-state index is 13.0. The van der Waals surface area contributed by atoms with Crippen molar-refractivity contribution in [3.8, 4) is 5.75 Å². The topological polar surface area (TPSA) is 68.5 Å². The highest BCUT2D eigenvalue weighted by Gasteiger charge is 2.34. The minimum Gasteiger partial charge on any atom is -0.508 e. The molecule has 3 aromatic rings. The van der Waals surface area contributed by atoms with Crippen molar-refractivity contribution in [2.75, 3.05) is 11.9 Å². The number of benzene rings is 3. The highest BCUT2D eigenvalue weighted by atomic mass is 32.2. The molecule has 0 spiro atoms. The monoisotopic (exact) mass is 478 g/mol. The Hall–Kier alpha value is -4.10. The Labute approximate surface area is 207 Å². The lowest BCUT2D eigenvalue weighted by Crippen LogP contribution is -2.30. The second kappa shape index (κ2) is 8.29. The van der Waals surface area contributed by atoms with Crippen LogP contribution in [0.15, 0.2) is 110 Å². The molecular formula is C28H22N4O2S. The van der Waals surface area contributed by atoms with Crippen LogP contribution in [0.1, 0.15) is 28.9 Å². The van der Waals surface area contributed by atoms with Crippen LogP contribution in [0.3, 0.4) is 0 Å². The van der Waals surface area contributed by atoms with Gasteiger partial charge in [0, 0.05) is 23.0 Å². The molecule has 3 aromatic carbocycles. The van der Waals surface area contributed by atoms with Crippen molar-refractivity contribution >= 4 is 40.7 Å². The molecule has 6 nitrogen and oxygen atoms in total. The Bertz CT molecular complexity index is 1490. The van der Waals surface area contributed by atoms with Gasteiger partial charge in [-0.25, -0.2) is 4.99 Å². The number of hydrogen-bond acceptors (Lipinski definition) is 5. The van der Waals surface area contributed by atoms with Crippen LogP contribution in [0.5, 0.6) is 5.75 Å². The number of aromatic hydroxyl groups is 1. The van der Waals surface area contributed by atoms with Crippen molar-refractivity contribution in [3.63, 3.8) is 0 Å². The molecule has 1 amide bonds. The second-order valence-electron chi connectivity index (χ2n) is 8.59. The number of anilines is 1. The number of hydrogen-bond donors (Lipinski definition) is 1. The van der Waals surface area contributed by atoms with E-state index in [1.807, 2.05) is 84.8 Å². The van der Waals surface area contributed by atoms with Crippen LogP contribution < -0.4 is 4.90 Å². The number of allylic oxidation sites excluding steroid dienone is 2. The third kappa shape index (κ3) is 3.65. The third-order valence-corrected chi connectivity index (χ3v) is 7.43. The van der Waals surface area contributed by atoms with Crippen LogP contribution >= 0.6 is 11.8 Å². The van der Waals surface area contributed by atoms with E-state index in [1.165, 1.54) is 0 Å². The van der Waals surface area contributed by atoms with Gasteiger partial charge in [0.25, 0.3) is 5.91 Å². The maximum Gasteiger partial charge on any atom is 0.259 e. The Balaban J connectivity index is 1.44. The van der Waals surface area contributed by atoms with Crippen molar-refractivity contribution in [1.29, 1.82) is 0 Å². The van der Waals surface area contributed by atoms with Crippen LogP contribution in [0, 0.1) is 0 Å².